The monoisotopic (exact) mass is 383 g/mol. The zero-order chi connectivity index (χ0) is 19.2. The van der Waals surface area contributed by atoms with E-state index in [1.54, 1.807) is 37.3 Å². The highest BCUT2D eigenvalue weighted by molar-refractivity contribution is 8.00. The van der Waals surface area contributed by atoms with Crippen molar-refractivity contribution in [3.63, 3.8) is 0 Å². The Bertz CT molecular complexity index is 738. The number of thioether (sulfide) groups is 1. The van der Waals surface area contributed by atoms with E-state index >= 15 is 0 Å². The molecule has 0 unspecified atom stereocenters. The Labute approximate surface area is 154 Å². The van der Waals surface area contributed by atoms with Crippen molar-refractivity contribution in [2.75, 3.05) is 6.54 Å². The summed E-state index contributed by atoms with van der Waals surface area (Å²) >= 11 is 0.915. The normalized spacial score (nSPS) is 12.7. The van der Waals surface area contributed by atoms with Gasteiger partial charge in [0.05, 0.1) is 10.9 Å². The molecule has 0 saturated heterocycles. The zero-order valence-electron chi connectivity index (χ0n) is 14.5. The van der Waals surface area contributed by atoms with Gasteiger partial charge in [-0.15, -0.1) is 0 Å². The first-order valence-corrected chi connectivity index (χ1v) is 9.15. The van der Waals surface area contributed by atoms with E-state index in [-0.39, 0.29) is 16.8 Å². The summed E-state index contributed by atoms with van der Waals surface area (Å²) in [5, 5.41) is 2.09. The number of unbranched alkanes of at least 4 members (excludes halogenated alkanes) is 1. The molecule has 2 aromatic rings. The lowest BCUT2D eigenvalue weighted by atomic mass is 10.1. The highest BCUT2D eigenvalue weighted by Crippen LogP contribution is 2.32. The van der Waals surface area contributed by atoms with Crippen LogP contribution in [0.2, 0.25) is 0 Å². The van der Waals surface area contributed by atoms with Crippen molar-refractivity contribution in [2.24, 2.45) is 0 Å². The molecule has 1 aromatic carbocycles. The average Bonchev–Trinajstić information content (AvgIpc) is 2.61. The fourth-order valence-electron chi connectivity index (χ4n) is 2.12. The third-order valence-electron chi connectivity index (χ3n) is 3.55. The van der Waals surface area contributed by atoms with Gasteiger partial charge >= 0.3 is 6.18 Å². The molecule has 0 aliphatic carbocycles. The predicted molar refractivity (Wildman–Crippen MR) is 95.7 cm³/mol. The van der Waals surface area contributed by atoms with Gasteiger partial charge in [-0.25, -0.2) is 9.97 Å². The summed E-state index contributed by atoms with van der Waals surface area (Å²) in [6.07, 6.45) is -2.80. The first-order chi connectivity index (χ1) is 12.3. The second-order valence-corrected chi connectivity index (χ2v) is 7.00. The fraction of sp³-hybridized carbons (Fsp3) is 0.389. The van der Waals surface area contributed by atoms with Crippen molar-refractivity contribution in [3.8, 4) is 11.3 Å². The lowest BCUT2D eigenvalue weighted by Crippen LogP contribution is -2.31. The quantitative estimate of drug-likeness (QED) is 0.433. The van der Waals surface area contributed by atoms with Crippen molar-refractivity contribution >= 4 is 17.7 Å². The van der Waals surface area contributed by atoms with E-state index in [0.29, 0.717) is 12.1 Å². The van der Waals surface area contributed by atoms with Gasteiger partial charge in [-0.2, -0.15) is 13.2 Å². The van der Waals surface area contributed by atoms with Gasteiger partial charge in [0, 0.05) is 12.1 Å². The Balaban J connectivity index is 2.26. The van der Waals surface area contributed by atoms with E-state index in [2.05, 4.69) is 15.3 Å². The summed E-state index contributed by atoms with van der Waals surface area (Å²) < 4.78 is 39.6. The minimum atomic E-state index is -4.59. The average molecular weight is 383 g/mol. The Kier molecular flexibility index (Phi) is 7.02. The number of nitrogens with one attached hydrogen (secondary N) is 1. The maximum Gasteiger partial charge on any atom is 0.433 e. The minimum absolute atomic E-state index is 0.0724. The third-order valence-corrected chi connectivity index (χ3v) is 4.51. The number of aromatic nitrogens is 2. The Morgan fingerprint density at radius 3 is 2.54 bits per heavy atom. The Hall–Kier alpha value is -2.09. The van der Waals surface area contributed by atoms with Crippen molar-refractivity contribution in [2.45, 2.75) is 43.3 Å². The van der Waals surface area contributed by atoms with Gasteiger partial charge in [0.1, 0.15) is 5.69 Å². The van der Waals surface area contributed by atoms with Crippen molar-refractivity contribution in [3.05, 3.63) is 42.1 Å². The van der Waals surface area contributed by atoms with Crippen LogP contribution < -0.4 is 5.32 Å². The summed E-state index contributed by atoms with van der Waals surface area (Å²) in [6.45, 7) is 4.17. The molecule has 0 aliphatic rings. The van der Waals surface area contributed by atoms with E-state index in [4.69, 9.17) is 0 Å². The van der Waals surface area contributed by atoms with Crippen molar-refractivity contribution in [1.82, 2.24) is 15.3 Å². The SMILES string of the molecule is CCCCNC(=O)[C@H](C)Sc1nc(-c2ccccc2)cc(C(F)(F)F)n1. The molecule has 0 bridgehead atoms. The molecule has 26 heavy (non-hydrogen) atoms. The standard InChI is InChI=1S/C18H20F3N3OS/c1-3-4-10-22-16(25)12(2)26-17-23-14(13-8-6-5-7-9-13)11-15(24-17)18(19,20)21/h5-9,11-12H,3-4,10H2,1-2H3,(H,22,25)/t12-/m0/s1. The number of hydrogen-bond acceptors (Lipinski definition) is 4. The maximum absolute atomic E-state index is 13.2. The van der Waals surface area contributed by atoms with Crippen LogP contribution in [-0.2, 0) is 11.0 Å². The van der Waals surface area contributed by atoms with Crippen LogP contribution in [0.5, 0.6) is 0 Å². The van der Waals surface area contributed by atoms with Gasteiger partial charge in [-0.3, -0.25) is 4.79 Å². The molecule has 1 aromatic heterocycles. The van der Waals surface area contributed by atoms with Crippen LogP contribution in [0.3, 0.4) is 0 Å². The Morgan fingerprint density at radius 1 is 1.23 bits per heavy atom. The largest absolute Gasteiger partial charge is 0.433 e. The fourth-order valence-corrected chi connectivity index (χ4v) is 2.93. The molecule has 140 valence electrons. The summed E-state index contributed by atoms with van der Waals surface area (Å²) in [5.41, 5.74) is -0.288. The van der Waals surface area contributed by atoms with Crippen molar-refractivity contribution < 1.29 is 18.0 Å². The Morgan fingerprint density at radius 2 is 1.92 bits per heavy atom. The van der Waals surface area contributed by atoms with E-state index in [1.807, 2.05) is 6.92 Å². The van der Waals surface area contributed by atoms with Gasteiger partial charge in [0.25, 0.3) is 0 Å². The first kappa shape index (κ1) is 20.2. The minimum Gasteiger partial charge on any atom is -0.355 e. The first-order valence-electron chi connectivity index (χ1n) is 8.27. The number of rotatable bonds is 7. The van der Waals surface area contributed by atoms with Crippen LogP contribution in [0.15, 0.2) is 41.6 Å². The van der Waals surface area contributed by atoms with Crippen molar-refractivity contribution in [1.29, 1.82) is 0 Å². The number of alkyl halides is 3. The molecule has 8 heteroatoms. The molecule has 0 fully saturated rings. The van der Waals surface area contributed by atoms with Gasteiger partial charge in [0.2, 0.25) is 5.91 Å². The predicted octanol–water partition coefficient (Wildman–Crippen LogP) is 4.56. The topological polar surface area (TPSA) is 54.9 Å². The lowest BCUT2D eigenvalue weighted by molar-refractivity contribution is -0.141. The summed E-state index contributed by atoms with van der Waals surface area (Å²) in [7, 11) is 0. The highest BCUT2D eigenvalue weighted by Gasteiger charge is 2.34. The lowest BCUT2D eigenvalue weighted by Gasteiger charge is -2.13. The molecular formula is C18H20F3N3OS. The third kappa shape index (κ3) is 5.72. The number of benzene rings is 1. The number of halogens is 3. The molecule has 1 atom stereocenters. The number of carbonyl (C=O) groups excluding carboxylic acids is 1. The van der Waals surface area contributed by atoms with Gasteiger partial charge in [-0.1, -0.05) is 55.4 Å². The van der Waals surface area contributed by atoms with E-state index in [0.717, 1.165) is 30.7 Å². The van der Waals surface area contributed by atoms with Crippen LogP contribution in [0.25, 0.3) is 11.3 Å². The molecule has 0 radical (unpaired) electrons. The smallest absolute Gasteiger partial charge is 0.355 e. The molecule has 0 spiro atoms. The molecule has 0 saturated carbocycles. The number of nitrogens with zero attached hydrogens (tertiary/aromatic N) is 2. The van der Waals surface area contributed by atoms with Gasteiger partial charge in [-0.05, 0) is 19.4 Å². The van der Waals surface area contributed by atoms with E-state index < -0.39 is 17.1 Å². The summed E-state index contributed by atoms with van der Waals surface area (Å²) in [5.74, 6) is -0.245. The van der Waals surface area contributed by atoms with E-state index in [9.17, 15) is 18.0 Å². The molecule has 2 rings (SSSR count). The van der Waals surface area contributed by atoms with Crippen LogP contribution in [0.1, 0.15) is 32.4 Å². The summed E-state index contributed by atoms with van der Waals surface area (Å²) in [4.78, 5) is 19.9. The summed E-state index contributed by atoms with van der Waals surface area (Å²) in [6, 6.07) is 9.50. The second-order valence-electron chi connectivity index (χ2n) is 5.69. The van der Waals surface area contributed by atoms with Crippen LogP contribution in [-0.4, -0.2) is 27.7 Å². The molecule has 1 N–H and O–H groups in total. The highest BCUT2D eigenvalue weighted by atomic mass is 32.2. The number of amides is 1. The maximum atomic E-state index is 13.2. The molecule has 4 nitrogen and oxygen atoms in total. The molecular weight excluding hydrogens is 363 g/mol. The molecule has 1 heterocycles. The van der Waals surface area contributed by atoms with Crippen LogP contribution in [0, 0.1) is 0 Å². The number of hydrogen-bond donors (Lipinski definition) is 1. The van der Waals surface area contributed by atoms with Gasteiger partial charge in [0.15, 0.2) is 5.16 Å². The number of carbonyl (C=O) groups is 1. The zero-order valence-corrected chi connectivity index (χ0v) is 15.3. The van der Waals surface area contributed by atoms with E-state index in [1.165, 1.54) is 0 Å². The molecule has 0 aliphatic heterocycles. The van der Waals surface area contributed by atoms with Crippen LogP contribution in [0.4, 0.5) is 13.2 Å². The second kappa shape index (κ2) is 9.02. The van der Waals surface area contributed by atoms with Crippen LogP contribution >= 0.6 is 11.8 Å². The molecule has 1 amide bonds. The van der Waals surface area contributed by atoms with Gasteiger partial charge < -0.3 is 5.32 Å².